The molecule has 0 radical (unpaired) electrons. The van der Waals surface area contributed by atoms with Gasteiger partial charge >= 0.3 is 0 Å². The van der Waals surface area contributed by atoms with Crippen LogP contribution in [0.25, 0.3) is 0 Å². The molecule has 0 unspecified atom stereocenters. The first kappa shape index (κ1) is 22.8. The Hall–Kier alpha value is -3.22. The number of nitrogens with zero attached hydrogens (tertiary/aromatic N) is 2. The molecule has 2 rings (SSSR count). The van der Waals surface area contributed by atoms with Gasteiger partial charge < -0.3 is 15.0 Å². The van der Waals surface area contributed by atoms with Crippen LogP contribution in [0.1, 0.15) is 36.1 Å². The molecule has 1 amide bonds. The zero-order valence-electron chi connectivity index (χ0n) is 16.8. The van der Waals surface area contributed by atoms with Gasteiger partial charge in [0.1, 0.15) is 19.5 Å². The lowest BCUT2D eigenvalue weighted by Crippen LogP contribution is -2.05. The predicted octanol–water partition coefficient (Wildman–Crippen LogP) is 3.81. The molecule has 1 N–H and O–H groups in total. The summed E-state index contributed by atoms with van der Waals surface area (Å²) in [6.45, 7) is 5.96. The molecule has 0 bridgehead atoms. The smallest absolute Gasteiger partial charge is 0.206 e. The van der Waals surface area contributed by atoms with E-state index in [1.54, 1.807) is 26.1 Å². The third kappa shape index (κ3) is 7.19. The maximum Gasteiger partial charge on any atom is 0.206 e. The van der Waals surface area contributed by atoms with Crippen LogP contribution >= 0.6 is 0 Å². The minimum Gasteiger partial charge on any atom is -0.399 e. The predicted molar refractivity (Wildman–Crippen MR) is 109 cm³/mol. The second-order valence-electron chi connectivity index (χ2n) is 5.83. The number of oxime groups is 2. The standard InChI is InChI=1S/C19H21FN2O2.C2H5NO/c1-13-7-5-10-18(15(3)21-23-4)19(13)12-24-22-14(2)16-8-6-9-17(20)11-16;1-3-2-4/h5-11H,12H2,1-4H3;2H,1H3,(H,3,4)/b21-15-,22-14+;. The van der Waals surface area contributed by atoms with E-state index >= 15 is 0 Å². The number of carbonyl (C=O) groups excluding carboxylic acids is 1. The van der Waals surface area contributed by atoms with Crippen LogP contribution in [-0.2, 0) is 21.1 Å². The number of nitrogens with one attached hydrogen (secondary N) is 1. The van der Waals surface area contributed by atoms with Crippen molar-refractivity contribution in [3.8, 4) is 0 Å². The van der Waals surface area contributed by atoms with Gasteiger partial charge in [-0.25, -0.2) is 4.39 Å². The lowest BCUT2D eigenvalue weighted by molar-refractivity contribution is -0.109. The molecule has 2 aromatic rings. The Bertz CT molecular complexity index is 835. The van der Waals surface area contributed by atoms with Crippen LogP contribution in [0.4, 0.5) is 4.39 Å². The Kier molecular flexibility index (Phi) is 9.96. The fraction of sp³-hybridized carbons (Fsp3) is 0.286. The van der Waals surface area contributed by atoms with Crippen LogP contribution in [0.15, 0.2) is 52.8 Å². The molecule has 0 saturated carbocycles. The third-order valence-corrected chi connectivity index (χ3v) is 3.80. The van der Waals surface area contributed by atoms with Gasteiger partial charge in [0, 0.05) is 23.7 Å². The summed E-state index contributed by atoms with van der Waals surface area (Å²) in [7, 11) is 3.08. The van der Waals surface area contributed by atoms with E-state index in [-0.39, 0.29) is 5.82 Å². The first-order valence-electron chi connectivity index (χ1n) is 8.64. The lowest BCUT2D eigenvalue weighted by atomic mass is 10.00. The van der Waals surface area contributed by atoms with Crippen molar-refractivity contribution in [1.82, 2.24) is 5.32 Å². The molecule has 0 aliphatic heterocycles. The number of aryl methyl sites for hydroxylation is 1. The van der Waals surface area contributed by atoms with Gasteiger partial charge in [-0.3, -0.25) is 4.79 Å². The van der Waals surface area contributed by atoms with Gasteiger partial charge in [0.2, 0.25) is 6.41 Å². The van der Waals surface area contributed by atoms with E-state index < -0.39 is 0 Å². The van der Waals surface area contributed by atoms with Gasteiger partial charge in [0.05, 0.1) is 11.4 Å². The molecule has 0 atom stereocenters. The molecule has 0 spiro atoms. The highest BCUT2D eigenvalue weighted by atomic mass is 19.1. The van der Waals surface area contributed by atoms with Gasteiger partial charge in [-0.1, -0.05) is 40.6 Å². The Morgan fingerprint density at radius 1 is 1.14 bits per heavy atom. The van der Waals surface area contributed by atoms with Gasteiger partial charge in [0.15, 0.2) is 0 Å². The summed E-state index contributed by atoms with van der Waals surface area (Å²) in [6, 6.07) is 12.2. The van der Waals surface area contributed by atoms with E-state index in [1.807, 2.05) is 32.0 Å². The Morgan fingerprint density at radius 2 is 1.82 bits per heavy atom. The molecular weight excluding hydrogens is 361 g/mol. The van der Waals surface area contributed by atoms with E-state index in [9.17, 15) is 4.39 Å². The molecule has 6 nitrogen and oxygen atoms in total. The topological polar surface area (TPSA) is 72.3 Å². The highest BCUT2D eigenvalue weighted by molar-refractivity contribution is 6.00. The van der Waals surface area contributed by atoms with Crippen LogP contribution in [0.5, 0.6) is 0 Å². The van der Waals surface area contributed by atoms with Crippen molar-refractivity contribution < 1.29 is 18.9 Å². The van der Waals surface area contributed by atoms with Crippen molar-refractivity contribution in [2.45, 2.75) is 27.4 Å². The minimum absolute atomic E-state index is 0.297. The second-order valence-corrected chi connectivity index (χ2v) is 5.83. The third-order valence-electron chi connectivity index (χ3n) is 3.80. The Morgan fingerprint density at radius 3 is 2.43 bits per heavy atom. The van der Waals surface area contributed by atoms with Crippen molar-refractivity contribution in [1.29, 1.82) is 0 Å². The van der Waals surface area contributed by atoms with Crippen molar-refractivity contribution >= 4 is 17.8 Å². The summed E-state index contributed by atoms with van der Waals surface area (Å²) in [6.07, 6.45) is 0.625. The highest BCUT2D eigenvalue weighted by Gasteiger charge is 2.10. The minimum atomic E-state index is -0.297. The average Bonchev–Trinajstić information content (AvgIpc) is 2.69. The maximum atomic E-state index is 13.3. The van der Waals surface area contributed by atoms with Crippen molar-refractivity contribution in [2.24, 2.45) is 10.3 Å². The highest BCUT2D eigenvalue weighted by Crippen LogP contribution is 2.17. The molecule has 0 aliphatic rings. The Labute approximate surface area is 165 Å². The van der Waals surface area contributed by atoms with Crippen molar-refractivity contribution in [3.05, 3.63) is 70.5 Å². The molecular formula is C21H26FN3O3. The summed E-state index contributed by atoms with van der Waals surface area (Å²) in [5, 5.41) is 10.3. The van der Waals surface area contributed by atoms with Crippen LogP contribution in [-0.4, -0.2) is 32.0 Å². The summed E-state index contributed by atoms with van der Waals surface area (Å²) >= 11 is 0. The first-order chi connectivity index (χ1) is 13.4. The number of halogens is 1. The molecule has 0 fully saturated rings. The van der Waals surface area contributed by atoms with Crippen LogP contribution in [0.3, 0.4) is 0 Å². The average molecular weight is 387 g/mol. The molecule has 7 heteroatoms. The SMILES string of the molecule is CNC=O.CO/N=C(/C)c1cccc(C)c1CO/N=C(\C)c1cccc(F)c1. The van der Waals surface area contributed by atoms with Crippen molar-refractivity contribution in [3.63, 3.8) is 0 Å². The molecule has 0 aromatic heterocycles. The van der Waals surface area contributed by atoms with Gasteiger partial charge in [-0.05, 0) is 38.5 Å². The van der Waals surface area contributed by atoms with E-state index in [4.69, 9.17) is 14.5 Å². The molecule has 28 heavy (non-hydrogen) atoms. The number of benzene rings is 2. The molecule has 0 heterocycles. The van der Waals surface area contributed by atoms with Crippen LogP contribution in [0, 0.1) is 12.7 Å². The Balaban J connectivity index is 0.000000892. The van der Waals surface area contributed by atoms with Gasteiger partial charge in [0.25, 0.3) is 0 Å². The monoisotopic (exact) mass is 387 g/mol. The molecule has 0 saturated heterocycles. The summed E-state index contributed by atoms with van der Waals surface area (Å²) in [5.74, 6) is -0.297. The normalized spacial score (nSPS) is 11.2. The van der Waals surface area contributed by atoms with Gasteiger partial charge in [-0.15, -0.1) is 0 Å². The van der Waals surface area contributed by atoms with Crippen LogP contribution in [0.2, 0.25) is 0 Å². The number of carbonyl (C=O) groups is 1. The number of rotatable bonds is 7. The quantitative estimate of drug-likeness (QED) is 0.446. The second kappa shape index (κ2) is 12.2. The van der Waals surface area contributed by atoms with Gasteiger partial charge in [-0.2, -0.15) is 0 Å². The number of hydrogen-bond acceptors (Lipinski definition) is 5. The van der Waals surface area contributed by atoms with E-state index in [1.165, 1.54) is 19.2 Å². The van der Waals surface area contributed by atoms with Crippen LogP contribution < -0.4 is 5.32 Å². The fourth-order valence-electron chi connectivity index (χ4n) is 2.38. The summed E-state index contributed by atoms with van der Waals surface area (Å²) in [4.78, 5) is 19.4. The lowest BCUT2D eigenvalue weighted by Gasteiger charge is -2.11. The molecule has 150 valence electrons. The number of hydrogen-bond donors (Lipinski definition) is 1. The largest absolute Gasteiger partial charge is 0.399 e. The zero-order valence-corrected chi connectivity index (χ0v) is 16.8. The van der Waals surface area contributed by atoms with E-state index in [0.717, 1.165) is 22.4 Å². The molecule has 2 aromatic carbocycles. The number of amides is 1. The van der Waals surface area contributed by atoms with E-state index in [2.05, 4.69) is 15.6 Å². The van der Waals surface area contributed by atoms with Crippen molar-refractivity contribution in [2.75, 3.05) is 14.2 Å². The summed E-state index contributed by atoms with van der Waals surface area (Å²) in [5.41, 5.74) is 5.11. The maximum absolute atomic E-state index is 13.3. The van der Waals surface area contributed by atoms with E-state index in [0.29, 0.717) is 24.3 Å². The first-order valence-corrected chi connectivity index (χ1v) is 8.64. The summed E-state index contributed by atoms with van der Waals surface area (Å²) < 4.78 is 13.3. The zero-order chi connectivity index (χ0) is 20.9. The fourth-order valence-corrected chi connectivity index (χ4v) is 2.38. The molecule has 0 aliphatic carbocycles.